The van der Waals surface area contributed by atoms with E-state index in [0.717, 1.165) is 86.8 Å². The van der Waals surface area contributed by atoms with Crippen molar-refractivity contribution in [3.05, 3.63) is 48.4 Å². The summed E-state index contributed by atoms with van der Waals surface area (Å²) in [6.45, 7) is 3.27. The molecule has 0 unspecified atom stereocenters. The van der Waals surface area contributed by atoms with Crippen molar-refractivity contribution in [1.82, 2.24) is 15.0 Å². The maximum atomic E-state index is 6.55. The van der Waals surface area contributed by atoms with Gasteiger partial charge in [0.05, 0.1) is 31.9 Å². The lowest BCUT2D eigenvalue weighted by molar-refractivity contribution is 0.122. The molecule has 7 nitrogen and oxygen atoms in total. The van der Waals surface area contributed by atoms with Crippen LogP contribution in [0.15, 0.2) is 42.9 Å². The number of pyridine rings is 1. The normalized spacial score (nSPS) is 21.5. The molecule has 0 radical (unpaired) electrons. The van der Waals surface area contributed by atoms with Crippen LogP contribution in [0.2, 0.25) is 0 Å². The van der Waals surface area contributed by atoms with E-state index in [1.165, 1.54) is 5.56 Å². The molecule has 32 heavy (non-hydrogen) atoms. The molecule has 7 heteroatoms. The molecule has 168 valence electrons. The Morgan fingerprint density at radius 2 is 1.81 bits per heavy atom. The standard InChI is InChI=1S/C25H30N4O3/c1-30-25-19(3-2-8-28-25)15-18-4-6-21(7-5-18)32-23-17-20(29-11-13-31-14-12-29)16-22-24(23)27-10-9-26-22/h2-3,8-10,16-18,21H,4-7,11-15H2,1H3. The van der Waals surface area contributed by atoms with Gasteiger partial charge in [-0.05, 0) is 50.2 Å². The van der Waals surface area contributed by atoms with Crippen LogP contribution in [0.5, 0.6) is 11.6 Å². The van der Waals surface area contributed by atoms with Gasteiger partial charge in [-0.25, -0.2) is 9.97 Å². The molecule has 0 amide bonds. The van der Waals surface area contributed by atoms with Crippen molar-refractivity contribution in [1.29, 1.82) is 0 Å². The van der Waals surface area contributed by atoms with E-state index >= 15 is 0 Å². The van der Waals surface area contributed by atoms with Crippen LogP contribution in [0.4, 0.5) is 5.69 Å². The van der Waals surface area contributed by atoms with E-state index < -0.39 is 0 Å². The fraction of sp³-hybridized carbons (Fsp3) is 0.480. The SMILES string of the molecule is COc1ncccc1CC1CCC(Oc2cc(N3CCOCC3)cc3nccnc23)CC1. The molecule has 0 spiro atoms. The predicted octanol–water partition coefficient (Wildman–Crippen LogP) is 4.05. The van der Waals surface area contributed by atoms with Crippen LogP contribution < -0.4 is 14.4 Å². The fourth-order valence-electron chi connectivity index (χ4n) is 4.83. The van der Waals surface area contributed by atoms with Gasteiger partial charge in [0.1, 0.15) is 11.3 Å². The van der Waals surface area contributed by atoms with Crippen LogP contribution >= 0.6 is 0 Å². The number of benzene rings is 1. The Hall–Kier alpha value is -2.93. The van der Waals surface area contributed by atoms with Gasteiger partial charge in [0.2, 0.25) is 5.88 Å². The van der Waals surface area contributed by atoms with Crippen molar-refractivity contribution < 1.29 is 14.2 Å². The number of anilines is 1. The lowest BCUT2D eigenvalue weighted by Gasteiger charge is -2.31. The van der Waals surface area contributed by atoms with Gasteiger partial charge in [0.15, 0.2) is 0 Å². The monoisotopic (exact) mass is 434 g/mol. The van der Waals surface area contributed by atoms with E-state index in [-0.39, 0.29) is 6.10 Å². The summed E-state index contributed by atoms with van der Waals surface area (Å²) in [5, 5.41) is 0. The minimum Gasteiger partial charge on any atom is -0.488 e. The highest BCUT2D eigenvalue weighted by atomic mass is 16.5. The molecule has 3 heterocycles. The summed E-state index contributed by atoms with van der Waals surface area (Å²) in [6, 6.07) is 8.35. The van der Waals surface area contributed by atoms with Gasteiger partial charge in [-0.1, -0.05) is 6.07 Å². The Kier molecular flexibility index (Phi) is 6.34. The number of methoxy groups -OCH3 is 1. The second kappa shape index (κ2) is 9.69. The zero-order chi connectivity index (χ0) is 21.8. The highest BCUT2D eigenvalue weighted by molar-refractivity contribution is 5.85. The first kappa shape index (κ1) is 20.9. The summed E-state index contributed by atoms with van der Waals surface area (Å²) in [6.07, 6.45) is 10.8. The van der Waals surface area contributed by atoms with Crippen LogP contribution in [0, 0.1) is 5.92 Å². The van der Waals surface area contributed by atoms with Crippen molar-refractivity contribution in [2.75, 3.05) is 38.3 Å². The third kappa shape index (κ3) is 4.63. The second-order valence-electron chi connectivity index (χ2n) is 8.60. The maximum Gasteiger partial charge on any atom is 0.216 e. The first-order chi connectivity index (χ1) is 15.8. The topological polar surface area (TPSA) is 69.6 Å². The average Bonchev–Trinajstić information content (AvgIpc) is 2.86. The van der Waals surface area contributed by atoms with Crippen LogP contribution in [0.1, 0.15) is 31.2 Å². The highest BCUT2D eigenvalue weighted by Gasteiger charge is 2.25. The number of nitrogens with zero attached hydrogens (tertiary/aromatic N) is 4. The van der Waals surface area contributed by atoms with Crippen LogP contribution in [0.25, 0.3) is 11.0 Å². The van der Waals surface area contributed by atoms with Gasteiger partial charge >= 0.3 is 0 Å². The first-order valence-corrected chi connectivity index (χ1v) is 11.5. The maximum absolute atomic E-state index is 6.55. The number of morpholine rings is 1. The molecular formula is C25H30N4O3. The summed E-state index contributed by atoms with van der Waals surface area (Å²) in [5.74, 6) is 2.22. The third-order valence-electron chi connectivity index (χ3n) is 6.54. The summed E-state index contributed by atoms with van der Waals surface area (Å²) >= 11 is 0. The molecule has 0 atom stereocenters. The molecular weight excluding hydrogens is 404 g/mol. The van der Waals surface area contributed by atoms with E-state index in [4.69, 9.17) is 14.2 Å². The first-order valence-electron chi connectivity index (χ1n) is 11.5. The molecule has 0 bridgehead atoms. The number of aromatic nitrogens is 3. The minimum absolute atomic E-state index is 0.201. The largest absolute Gasteiger partial charge is 0.488 e. The van der Waals surface area contributed by atoms with E-state index in [0.29, 0.717) is 5.92 Å². The summed E-state index contributed by atoms with van der Waals surface area (Å²) in [4.78, 5) is 15.8. The highest BCUT2D eigenvalue weighted by Crippen LogP contribution is 2.35. The Balaban J connectivity index is 1.28. The Labute approximate surface area is 188 Å². The summed E-state index contributed by atoms with van der Waals surface area (Å²) in [5.41, 5.74) is 4.04. The number of rotatable bonds is 6. The van der Waals surface area contributed by atoms with Crippen LogP contribution in [-0.4, -0.2) is 54.5 Å². The van der Waals surface area contributed by atoms with Crippen LogP contribution in [0.3, 0.4) is 0 Å². The zero-order valence-electron chi connectivity index (χ0n) is 18.6. The number of hydrogen-bond donors (Lipinski definition) is 0. The van der Waals surface area contributed by atoms with Gasteiger partial charge in [-0.2, -0.15) is 0 Å². The molecule has 2 aromatic heterocycles. The van der Waals surface area contributed by atoms with Crippen LogP contribution in [-0.2, 0) is 11.2 Å². The number of ether oxygens (including phenoxy) is 3. The minimum atomic E-state index is 0.201. The smallest absolute Gasteiger partial charge is 0.216 e. The fourth-order valence-corrected chi connectivity index (χ4v) is 4.83. The average molecular weight is 435 g/mol. The van der Waals surface area contributed by atoms with Crippen molar-refractivity contribution in [2.45, 2.75) is 38.2 Å². The van der Waals surface area contributed by atoms with E-state index in [2.05, 4.69) is 38.1 Å². The Bertz CT molecular complexity index is 1050. The predicted molar refractivity (Wildman–Crippen MR) is 123 cm³/mol. The Morgan fingerprint density at radius 1 is 1.00 bits per heavy atom. The van der Waals surface area contributed by atoms with Crippen molar-refractivity contribution in [2.24, 2.45) is 5.92 Å². The molecule has 0 N–H and O–H groups in total. The Morgan fingerprint density at radius 3 is 2.62 bits per heavy atom. The van der Waals surface area contributed by atoms with Gasteiger partial charge in [-0.15, -0.1) is 0 Å². The number of hydrogen-bond acceptors (Lipinski definition) is 7. The van der Waals surface area contributed by atoms with Crippen molar-refractivity contribution in [3.63, 3.8) is 0 Å². The molecule has 2 aliphatic rings. The molecule has 2 fully saturated rings. The molecule has 3 aromatic rings. The number of fused-ring (bicyclic) bond motifs is 1. The van der Waals surface area contributed by atoms with Gasteiger partial charge < -0.3 is 19.1 Å². The molecule has 1 aliphatic carbocycles. The van der Waals surface area contributed by atoms with Gasteiger partial charge in [0.25, 0.3) is 0 Å². The van der Waals surface area contributed by atoms with Gasteiger partial charge in [-0.3, -0.25) is 4.98 Å². The molecule has 1 saturated carbocycles. The molecule has 5 rings (SSSR count). The second-order valence-corrected chi connectivity index (χ2v) is 8.60. The summed E-state index contributed by atoms with van der Waals surface area (Å²) in [7, 11) is 1.69. The lowest BCUT2D eigenvalue weighted by Crippen LogP contribution is -2.36. The summed E-state index contributed by atoms with van der Waals surface area (Å²) < 4.78 is 17.5. The van der Waals surface area contributed by atoms with E-state index in [9.17, 15) is 0 Å². The van der Waals surface area contributed by atoms with E-state index in [1.54, 1.807) is 25.7 Å². The molecule has 1 aliphatic heterocycles. The van der Waals surface area contributed by atoms with Crippen molar-refractivity contribution in [3.8, 4) is 11.6 Å². The molecule has 1 aromatic carbocycles. The molecule has 1 saturated heterocycles. The van der Waals surface area contributed by atoms with Crippen molar-refractivity contribution >= 4 is 16.7 Å². The quantitative estimate of drug-likeness (QED) is 0.580. The van der Waals surface area contributed by atoms with Gasteiger partial charge in [0, 0.05) is 49.0 Å². The zero-order valence-corrected chi connectivity index (χ0v) is 18.6. The lowest BCUT2D eigenvalue weighted by atomic mass is 9.83. The third-order valence-corrected chi connectivity index (χ3v) is 6.54. The van der Waals surface area contributed by atoms with E-state index in [1.807, 2.05) is 6.07 Å².